The summed E-state index contributed by atoms with van der Waals surface area (Å²) in [7, 11) is 1.60. The van der Waals surface area contributed by atoms with Gasteiger partial charge in [-0.1, -0.05) is 23.5 Å². The summed E-state index contributed by atoms with van der Waals surface area (Å²) in [6.45, 7) is 1.13. The average Bonchev–Trinajstić information content (AvgIpc) is 3.06. The molecule has 0 saturated heterocycles. The average molecular weight is 358 g/mol. The van der Waals surface area contributed by atoms with E-state index in [1.807, 2.05) is 0 Å². The highest BCUT2D eigenvalue weighted by Gasteiger charge is 2.31. The highest BCUT2D eigenvalue weighted by atomic mass is 32.1. The molecule has 0 saturated carbocycles. The van der Waals surface area contributed by atoms with Crippen LogP contribution >= 0.6 is 11.3 Å². The minimum atomic E-state index is -4.73. The van der Waals surface area contributed by atoms with Crippen LogP contribution < -0.4 is 10.1 Å². The summed E-state index contributed by atoms with van der Waals surface area (Å²) >= 11 is 1.34. The molecule has 0 aliphatic rings. The molecule has 24 heavy (non-hydrogen) atoms. The second-order valence-electron chi connectivity index (χ2n) is 4.74. The Hall–Kier alpha value is -2.33. The first-order valence-electron chi connectivity index (χ1n) is 6.90. The minimum Gasteiger partial charge on any atom is -0.406 e. The normalized spacial score (nSPS) is 11.8. The molecule has 3 aromatic rings. The molecule has 0 bridgehead atoms. The van der Waals surface area contributed by atoms with E-state index >= 15 is 0 Å². The lowest BCUT2D eigenvalue weighted by atomic mass is 10.1. The summed E-state index contributed by atoms with van der Waals surface area (Å²) in [5, 5.41) is 8.11. The topological polar surface area (TPSA) is 60.7 Å². The smallest absolute Gasteiger partial charge is 0.406 e. The molecule has 2 heterocycles. The predicted octanol–water partition coefficient (Wildman–Crippen LogP) is 3.41. The maximum Gasteiger partial charge on any atom is 0.573 e. The van der Waals surface area contributed by atoms with Crippen molar-refractivity contribution in [3.63, 3.8) is 0 Å². The zero-order valence-corrected chi connectivity index (χ0v) is 13.3. The van der Waals surface area contributed by atoms with Gasteiger partial charge in [0, 0.05) is 19.2 Å². The number of hydrogen-bond acceptors (Lipinski definition) is 6. The van der Waals surface area contributed by atoms with Crippen molar-refractivity contribution < 1.29 is 22.6 Å². The Bertz CT molecular complexity index is 831. The molecule has 0 radical (unpaired) electrons. The summed E-state index contributed by atoms with van der Waals surface area (Å²) in [6, 6.07) is 5.70. The molecular weight excluding hydrogens is 345 g/mol. The highest BCUT2D eigenvalue weighted by molar-refractivity contribution is 7.20. The third kappa shape index (κ3) is 3.77. The van der Waals surface area contributed by atoms with Crippen LogP contribution in [0.2, 0.25) is 0 Å². The van der Waals surface area contributed by atoms with Gasteiger partial charge in [-0.15, -0.1) is 18.3 Å². The van der Waals surface area contributed by atoms with E-state index in [1.54, 1.807) is 23.9 Å². The van der Waals surface area contributed by atoms with Crippen LogP contribution in [0.4, 0.5) is 18.3 Å². The van der Waals surface area contributed by atoms with Gasteiger partial charge in [0.25, 0.3) is 0 Å². The predicted molar refractivity (Wildman–Crippen MR) is 83.3 cm³/mol. The van der Waals surface area contributed by atoms with Crippen LogP contribution in [-0.2, 0) is 4.74 Å². The molecule has 6 nitrogen and oxygen atoms in total. The molecule has 0 unspecified atom stereocenters. The summed E-state index contributed by atoms with van der Waals surface area (Å²) in [6.07, 6.45) is -3.17. The number of halogens is 3. The van der Waals surface area contributed by atoms with Gasteiger partial charge in [-0.3, -0.25) is 0 Å². The first-order valence-corrected chi connectivity index (χ1v) is 7.71. The van der Waals surface area contributed by atoms with Gasteiger partial charge < -0.3 is 14.8 Å². The van der Waals surface area contributed by atoms with Gasteiger partial charge >= 0.3 is 6.36 Å². The second kappa shape index (κ2) is 6.65. The Kier molecular flexibility index (Phi) is 4.58. The number of rotatable bonds is 6. The fraction of sp³-hybridized carbons (Fsp3) is 0.286. The third-order valence-electron chi connectivity index (χ3n) is 3.03. The van der Waals surface area contributed by atoms with E-state index in [4.69, 9.17) is 4.74 Å². The van der Waals surface area contributed by atoms with E-state index in [2.05, 4.69) is 20.1 Å². The van der Waals surface area contributed by atoms with Crippen LogP contribution in [-0.4, -0.2) is 41.2 Å². The first kappa shape index (κ1) is 16.5. The summed E-state index contributed by atoms with van der Waals surface area (Å²) < 4.78 is 47.5. The maximum atomic E-state index is 12.4. The van der Waals surface area contributed by atoms with Gasteiger partial charge in [-0.05, 0) is 12.1 Å². The molecule has 128 valence electrons. The van der Waals surface area contributed by atoms with Gasteiger partial charge in [0.2, 0.25) is 10.1 Å². The van der Waals surface area contributed by atoms with Gasteiger partial charge in [0.15, 0.2) is 0 Å². The molecule has 0 aliphatic carbocycles. The lowest BCUT2D eigenvalue weighted by molar-refractivity contribution is -0.274. The summed E-state index contributed by atoms with van der Waals surface area (Å²) in [5.74, 6) is -0.288. The number of benzene rings is 1. The number of imidazole rings is 1. The number of hydrogen-bond donors (Lipinski definition) is 1. The van der Waals surface area contributed by atoms with E-state index in [9.17, 15) is 13.2 Å². The largest absolute Gasteiger partial charge is 0.573 e. The molecule has 3 rings (SSSR count). The minimum absolute atomic E-state index is 0.288. The molecule has 0 aliphatic heterocycles. The van der Waals surface area contributed by atoms with E-state index in [0.29, 0.717) is 34.5 Å². The zero-order valence-electron chi connectivity index (χ0n) is 12.5. The van der Waals surface area contributed by atoms with Crippen LogP contribution in [0.5, 0.6) is 5.75 Å². The number of methoxy groups -OCH3 is 1. The maximum absolute atomic E-state index is 12.4. The van der Waals surface area contributed by atoms with E-state index in [1.165, 1.54) is 29.5 Å². The SMILES string of the molecule is COCCNc1nn2c(-c3cccc(OC(F)(F)F)c3)cnc2s1. The molecule has 2 aromatic heterocycles. The number of anilines is 1. The number of fused-ring (bicyclic) bond motifs is 1. The standard InChI is InChI=1S/C14H13F3N4O2S/c1-22-6-5-18-12-20-21-11(8-19-13(21)24-12)9-3-2-4-10(7-9)23-14(15,16)17/h2-4,7-8H,5-6H2,1H3,(H,18,20). The van der Waals surface area contributed by atoms with Crippen molar-refractivity contribution in [2.75, 3.05) is 25.6 Å². The van der Waals surface area contributed by atoms with Crippen molar-refractivity contribution in [2.45, 2.75) is 6.36 Å². The van der Waals surface area contributed by atoms with Crippen molar-refractivity contribution in [1.29, 1.82) is 0 Å². The van der Waals surface area contributed by atoms with Gasteiger partial charge in [-0.25, -0.2) is 9.50 Å². The lowest BCUT2D eigenvalue weighted by Gasteiger charge is -2.09. The highest BCUT2D eigenvalue weighted by Crippen LogP contribution is 2.30. The van der Waals surface area contributed by atoms with Crippen molar-refractivity contribution in [3.05, 3.63) is 30.5 Å². The molecular formula is C14H13F3N4O2S. The third-order valence-corrected chi connectivity index (χ3v) is 3.91. The van der Waals surface area contributed by atoms with Gasteiger partial charge in [-0.2, -0.15) is 0 Å². The molecule has 1 aromatic carbocycles. The number of nitrogens with zero attached hydrogens (tertiary/aromatic N) is 3. The van der Waals surface area contributed by atoms with Crippen molar-refractivity contribution in [1.82, 2.24) is 14.6 Å². The molecule has 0 spiro atoms. The van der Waals surface area contributed by atoms with E-state index in [-0.39, 0.29) is 5.75 Å². The van der Waals surface area contributed by atoms with E-state index < -0.39 is 6.36 Å². The molecule has 0 fully saturated rings. The van der Waals surface area contributed by atoms with Crippen molar-refractivity contribution in [3.8, 4) is 17.0 Å². The number of aromatic nitrogens is 3. The number of nitrogens with one attached hydrogen (secondary N) is 1. The Morgan fingerprint density at radius 2 is 2.17 bits per heavy atom. The summed E-state index contributed by atoms with van der Waals surface area (Å²) in [5.41, 5.74) is 1.10. The zero-order chi connectivity index (χ0) is 17.2. The molecule has 10 heteroatoms. The fourth-order valence-electron chi connectivity index (χ4n) is 2.07. The van der Waals surface area contributed by atoms with Crippen LogP contribution in [0.15, 0.2) is 30.5 Å². The second-order valence-corrected chi connectivity index (χ2v) is 5.70. The Morgan fingerprint density at radius 1 is 1.33 bits per heavy atom. The lowest BCUT2D eigenvalue weighted by Crippen LogP contribution is -2.17. The van der Waals surface area contributed by atoms with Crippen LogP contribution in [0, 0.1) is 0 Å². The Labute approximate surface area is 138 Å². The quantitative estimate of drug-likeness (QED) is 0.684. The van der Waals surface area contributed by atoms with Gasteiger partial charge in [0.05, 0.1) is 18.5 Å². The van der Waals surface area contributed by atoms with E-state index in [0.717, 1.165) is 0 Å². The van der Waals surface area contributed by atoms with Crippen molar-refractivity contribution >= 4 is 21.4 Å². The Morgan fingerprint density at radius 3 is 2.92 bits per heavy atom. The van der Waals surface area contributed by atoms with Crippen molar-refractivity contribution in [2.24, 2.45) is 0 Å². The monoisotopic (exact) mass is 358 g/mol. The summed E-state index contributed by atoms with van der Waals surface area (Å²) in [4.78, 5) is 4.86. The van der Waals surface area contributed by atoms with Crippen LogP contribution in [0.1, 0.15) is 0 Å². The van der Waals surface area contributed by atoms with Gasteiger partial charge in [0.1, 0.15) is 5.75 Å². The molecule has 1 N–H and O–H groups in total. The molecule has 0 atom stereocenters. The first-order chi connectivity index (χ1) is 11.5. The fourth-order valence-corrected chi connectivity index (χ4v) is 2.87. The number of ether oxygens (including phenoxy) is 2. The van der Waals surface area contributed by atoms with Crippen LogP contribution in [0.3, 0.4) is 0 Å². The van der Waals surface area contributed by atoms with Crippen LogP contribution in [0.25, 0.3) is 16.2 Å². The Balaban J connectivity index is 1.87. The molecule has 0 amide bonds. The number of alkyl halides is 3.